The molecule has 17 heavy (non-hydrogen) atoms. The van der Waals surface area contributed by atoms with Crippen molar-refractivity contribution in [1.29, 1.82) is 0 Å². The summed E-state index contributed by atoms with van der Waals surface area (Å²) in [5.41, 5.74) is 1.22. The van der Waals surface area contributed by atoms with Gasteiger partial charge in [0.2, 0.25) is 0 Å². The first kappa shape index (κ1) is 12.0. The molecule has 1 amide bonds. The molecule has 3 heteroatoms. The average Bonchev–Trinajstić information content (AvgIpc) is 2.19. The van der Waals surface area contributed by atoms with Crippen molar-refractivity contribution in [2.24, 2.45) is 0 Å². The van der Waals surface area contributed by atoms with E-state index >= 15 is 0 Å². The molecule has 1 aliphatic heterocycles. The minimum Gasteiger partial charge on any atom is -0.476 e. The molecule has 0 aliphatic carbocycles. The number of aryl methyl sites for hydroxylation is 1. The summed E-state index contributed by atoms with van der Waals surface area (Å²) in [6, 6.07) is 6.08. The van der Waals surface area contributed by atoms with Gasteiger partial charge in [-0.25, -0.2) is 0 Å². The molecule has 0 aromatic heterocycles. The number of carbonyl (C=O) groups excluding carboxylic acids is 1. The highest BCUT2D eigenvalue weighted by atomic mass is 16.5. The van der Waals surface area contributed by atoms with Crippen LogP contribution in [0.1, 0.15) is 33.3 Å². The lowest BCUT2D eigenvalue weighted by atomic mass is 10.0. The topological polar surface area (TPSA) is 29.5 Å². The zero-order valence-electron chi connectivity index (χ0n) is 11.1. The van der Waals surface area contributed by atoms with Crippen LogP contribution < -0.4 is 9.64 Å². The first-order valence-corrected chi connectivity index (χ1v) is 5.96. The largest absolute Gasteiger partial charge is 0.476 e. The van der Waals surface area contributed by atoms with Gasteiger partial charge >= 0.3 is 0 Å². The maximum atomic E-state index is 12.3. The fraction of sp³-hybridized carbons (Fsp3) is 0.500. The monoisotopic (exact) mass is 233 g/mol. The Labute approximate surface area is 102 Å². The van der Waals surface area contributed by atoms with Gasteiger partial charge in [0, 0.05) is 6.04 Å². The normalized spacial score (nSPS) is 18.0. The van der Waals surface area contributed by atoms with E-state index in [0.29, 0.717) is 0 Å². The summed E-state index contributed by atoms with van der Waals surface area (Å²) in [4.78, 5) is 14.2. The van der Waals surface area contributed by atoms with Crippen LogP contribution in [-0.4, -0.2) is 17.6 Å². The second-order valence-corrected chi connectivity index (χ2v) is 5.35. The first-order valence-electron chi connectivity index (χ1n) is 5.96. The van der Waals surface area contributed by atoms with Gasteiger partial charge in [0.25, 0.3) is 5.91 Å². The number of rotatable bonds is 1. The molecule has 1 heterocycles. The molecule has 0 unspecified atom stereocenters. The smallest absolute Gasteiger partial charge is 0.270 e. The Bertz CT molecular complexity index is 463. The number of carbonyl (C=O) groups is 1. The summed E-state index contributed by atoms with van der Waals surface area (Å²) in [6.45, 7) is 9.69. The summed E-state index contributed by atoms with van der Waals surface area (Å²) < 4.78 is 5.80. The Morgan fingerprint density at radius 3 is 2.53 bits per heavy atom. The zero-order valence-corrected chi connectivity index (χ0v) is 11.1. The lowest BCUT2D eigenvalue weighted by Gasteiger charge is -2.40. The number of amides is 1. The molecule has 1 aromatic carbocycles. The van der Waals surface area contributed by atoms with E-state index in [1.807, 2.05) is 57.7 Å². The third-order valence-corrected chi connectivity index (χ3v) is 2.99. The van der Waals surface area contributed by atoms with Crippen molar-refractivity contribution in [2.45, 2.75) is 46.3 Å². The minimum absolute atomic E-state index is 0.0175. The fourth-order valence-electron chi connectivity index (χ4n) is 2.13. The Morgan fingerprint density at radius 1 is 1.29 bits per heavy atom. The number of ether oxygens (including phenoxy) is 1. The second kappa shape index (κ2) is 3.76. The van der Waals surface area contributed by atoms with E-state index in [1.54, 1.807) is 0 Å². The SMILES string of the molecule is Cc1ccc2c(c1)OC(C)(C)C(=O)N2C(C)C. The van der Waals surface area contributed by atoms with Gasteiger partial charge in [-0.1, -0.05) is 6.07 Å². The van der Waals surface area contributed by atoms with Crippen molar-refractivity contribution in [1.82, 2.24) is 0 Å². The number of anilines is 1. The number of hydrogen-bond acceptors (Lipinski definition) is 2. The molecule has 0 saturated heterocycles. The molecule has 0 N–H and O–H groups in total. The molecule has 0 fully saturated rings. The van der Waals surface area contributed by atoms with Gasteiger partial charge in [0.15, 0.2) is 5.60 Å². The zero-order chi connectivity index (χ0) is 12.8. The molecule has 92 valence electrons. The van der Waals surface area contributed by atoms with Crippen LogP contribution in [0.4, 0.5) is 5.69 Å². The van der Waals surface area contributed by atoms with Crippen LogP contribution in [0.15, 0.2) is 18.2 Å². The minimum atomic E-state index is -0.787. The van der Waals surface area contributed by atoms with E-state index in [0.717, 1.165) is 17.0 Å². The van der Waals surface area contributed by atoms with Gasteiger partial charge in [-0.05, 0) is 52.3 Å². The number of benzene rings is 1. The second-order valence-electron chi connectivity index (χ2n) is 5.35. The van der Waals surface area contributed by atoms with E-state index in [2.05, 4.69) is 0 Å². The summed E-state index contributed by atoms with van der Waals surface area (Å²) in [7, 11) is 0. The molecule has 3 nitrogen and oxygen atoms in total. The molecule has 0 atom stereocenters. The van der Waals surface area contributed by atoms with Crippen LogP contribution >= 0.6 is 0 Å². The van der Waals surface area contributed by atoms with Crippen molar-refractivity contribution in [3.05, 3.63) is 23.8 Å². The van der Waals surface area contributed by atoms with Crippen LogP contribution in [-0.2, 0) is 4.79 Å². The van der Waals surface area contributed by atoms with E-state index < -0.39 is 5.60 Å². The molecule has 0 saturated carbocycles. The lowest BCUT2D eigenvalue weighted by Crippen LogP contribution is -2.54. The van der Waals surface area contributed by atoms with E-state index in [1.165, 1.54) is 0 Å². The molecule has 2 rings (SSSR count). The van der Waals surface area contributed by atoms with Crippen LogP contribution in [0, 0.1) is 6.92 Å². The molecular formula is C14H19NO2. The molecule has 0 radical (unpaired) electrons. The predicted octanol–water partition coefficient (Wildman–Crippen LogP) is 2.91. The lowest BCUT2D eigenvalue weighted by molar-refractivity contribution is -0.133. The maximum Gasteiger partial charge on any atom is 0.270 e. The van der Waals surface area contributed by atoms with Crippen molar-refractivity contribution in [3.8, 4) is 5.75 Å². The van der Waals surface area contributed by atoms with E-state index in [4.69, 9.17) is 4.74 Å². The van der Waals surface area contributed by atoms with Crippen molar-refractivity contribution in [2.75, 3.05) is 4.90 Å². The van der Waals surface area contributed by atoms with Crippen LogP contribution in [0.2, 0.25) is 0 Å². The Balaban J connectivity index is 2.58. The highest BCUT2D eigenvalue weighted by Gasteiger charge is 2.41. The third-order valence-electron chi connectivity index (χ3n) is 2.99. The Morgan fingerprint density at radius 2 is 1.94 bits per heavy atom. The maximum absolute atomic E-state index is 12.3. The number of hydrogen-bond donors (Lipinski definition) is 0. The van der Waals surface area contributed by atoms with Gasteiger partial charge in [-0.15, -0.1) is 0 Å². The highest BCUT2D eigenvalue weighted by molar-refractivity contribution is 6.02. The van der Waals surface area contributed by atoms with Crippen molar-refractivity contribution >= 4 is 11.6 Å². The summed E-state index contributed by atoms with van der Waals surface area (Å²) >= 11 is 0. The molecule has 1 aromatic rings. The van der Waals surface area contributed by atoms with Crippen LogP contribution in [0.3, 0.4) is 0 Å². The van der Waals surface area contributed by atoms with Gasteiger partial charge in [-0.2, -0.15) is 0 Å². The van der Waals surface area contributed by atoms with E-state index in [-0.39, 0.29) is 11.9 Å². The Hall–Kier alpha value is -1.51. The van der Waals surface area contributed by atoms with Gasteiger partial charge in [0.05, 0.1) is 5.69 Å². The van der Waals surface area contributed by atoms with Gasteiger partial charge in [-0.3, -0.25) is 4.79 Å². The van der Waals surface area contributed by atoms with Crippen molar-refractivity contribution < 1.29 is 9.53 Å². The number of nitrogens with zero attached hydrogens (tertiary/aromatic N) is 1. The summed E-state index contributed by atoms with van der Waals surface area (Å²) in [5, 5.41) is 0. The quantitative estimate of drug-likeness (QED) is 0.746. The van der Waals surface area contributed by atoms with Crippen molar-refractivity contribution in [3.63, 3.8) is 0 Å². The van der Waals surface area contributed by atoms with Crippen LogP contribution in [0.25, 0.3) is 0 Å². The predicted molar refractivity (Wildman–Crippen MR) is 68.5 cm³/mol. The fourth-order valence-corrected chi connectivity index (χ4v) is 2.13. The average molecular weight is 233 g/mol. The molecule has 0 spiro atoms. The third kappa shape index (κ3) is 1.90. The van der Waals surface area contributed by atoms with Gasteiger partial charge < -0.3 is 9.64 Å². The molecule has 1 aliphatic rings. The summed E-state index contributed by atoms with van der Waals surface area (Å²) in [5.74, 6) is 0.812. The molecular weight excluding hydrogens is 214 g/mol. The number of fused-ring (bicyclic) bond motifs is 1. The summed E-state index contributed by atoms with van der Waals surface area (Å²) in [6.07, 6.45) is 0. The first-order chi connectivity index (χ1) is 7.83. The standard InChI is InChI=1S/C14H19NO2/c1-9(2)15-11-7-6-10(3)8-12(11)17-14(4,5)13(15)16/h6-9H,1-5H3. The van der Waals surface area contributed by atoms with Gasteiger partial charge in [0.1, 0.15) is 5.75 Å². The van der Waals surface area contributed by atoms with E-state index in [9.17, 15) is 4.79 Å². The highest BCUT2D eigenvalue weighted by Crippen LogP contribution is 2.39. The molecule has 0 bridgehead atoms. The Kier molecular flexibility index (Phi) is 2.64. The van der Waals surface area contributed by atoms with Crippen LogP contribution in [0.5, 0.6) is 5.75 Å².